The minimum Gasteiger partial charge on any atom is -0.481 e. The fourth-order valence-electron chi connectivity index (χ4n) is 2.16. The van der Waals surface area contributed by atoms with E-state index in [1.807, 2.05) is 0 Å². The highest BCUT2D eigenvalue weighted by Gasteiger charge is 2.30. The summed E-state index contributed by atoms with van der Waals surface area (Å²) in [6, 6.07) is -0.235. The number of likely N-dealkylation sites (N-methyl/N-ethyl adjacent to an activating group) is 1. The second-order valence-corrected chi connectivity index (χ2v) is 4.57. The number of esters is 1. The molecule has 0 aliphatic carbocycles. The van der Waals surface area contributed by atoms with Crippen LogP contribution in [0.15, 0.2) is 0 Å². The number of carbonyl (C=O) groups excluding carboxylic acids is 2. The van der Waals surface area contributed by atoms with E-state index in [1.54, 1.807) is 11.8 Å². The summed E-state index contributed by atoms with van der Waals surface area (Å²) in [5.74, 6) is -1.31. The zero-order chi connectivity index (χ0) is 14.4. The van der Waals surface area contributed by atoms with Gasteiger partial charge in [0.1, 0.15) is 6.54 Å². The Bertz CT molecular complexity index is 358. The Morgan fingerprint density at radius 3 is 2.63 bits per heavy atom. The summed E-state index contributed by atoms with van der Waals surface area (Å²) < 4.78 is 4.54. The molecule has 1 N–H and O–H groups in total. The zero-order valence-corrected chi connectivity index (χ0v) is 11.3. The molecule has 0 saturated carbocycles. The van der Waals surface area contributed by atoms with Gasteiger partial charge in [0.05, 0.1) is 7.11 Å². The van der Waals surface area contributed by atoms with Crippen LogP contribution in [0, 0.1) is 5.92 Å². The van der Waals surface area contributed by atoms with E-state index in [4.69, 9.17) is 5.11 Å². The van der Waals surface area contributed by atoms with Crippen LogP contribution in [0.2, 0.25) is 0 Å². The maximum absolute atomic E-state index is 12.2. The average Bonchev–Trinajstić information content (AvgIpc) is 2.82. The number of rotatable bonds is 5. The van der Waals surface area contributed by atoms with Crippen LogP contribution in [0.5, 0.6) is 0 Å². The van der Waals surface area contributed by atoms with Crippen LogP contribution in [0.3, 0.4) is 0 Å². The van der Waals surface area contributed by atoms with Gasteiger partial charge in [0.15, 0.2) is 0 Å². The minimum absolute atomic E-state index is 0.00159. The number of hydrogen-bond acceptors (Lipinski definition) is 4. The van der Waals surface area contributed by atoms with Crippen molar-refractivity contribution in [2.24, 2.45) is 5.92 Å². The van der Waals surface area contributed by atoms with Gasteiger partial charge >= 0.3 is 18.0 Å². The number of urea groups is 1. The molecule has 1 heterocycles. The highest BCUT2D eigenvalue weighted by Crippen LogP contribution is 2.20. The fraction of sp³-hybridized carbons (Fsp3) is 0.750. The van der Waals surface area contributed by atoms with Crippen molar-refractivity contribution in [3.8, 4) is 0 Å². The smallest absolute Gasteiger partial charge is 0.325 e. The number of methoxy groups -OCH3 is 1. The molecule has 108 valence electrons. The van der Waals surface area contributed by atoms with E-state index in [0.717, 1.165) is 0 Å². The number of carboxylic acid groups (broad SMARTS) is 1. The van der Waals surface area contributed by atoms with E-state index in [2.05, 4.69) is 4.74 Å². The van der Waals surface area contributed by atoms with Crippen LogP contribution < -0.4 is 0 Å². The molecule has 19 heavy (non-hydrogen) atoms. The molecular formula is C12H20N2O5. The van der Waals surface area contributed by atoms with Crippen molar-refractivity contribution in [2.45, 2.75) is 19.8 Å². The highest BCUT2D eigenvalue weighted by molar-refractivity contribution is 5.81. The molecule has 1 aliphatic rings. The van der Waals surface area contributed by atoms with Crippen LogP contribution in [0.1, 0.15) is 19.8 Å². The Balaban J connectivity index is 2.52. The van der Waals surface area contributed by atoms with Crippen LogP contribution in [-0.2, 0) is 14.3 Å². The molecule has 1 aliphatic heterocycles. The molecule has 7 heteroatoms. The van der Waals surface area contributed by atoms with Gasteiger partial charge in [-0.2, -0.15) is 0 Å². The Labute approximate surface area is 112 Å². The second-order valence-electron chi connectivity index (χ2n) is 4.57. The molecular weight excluding hydrogens is 252 g/mol. The van der Waals surface area contributed by atoms with Gasteiger partial charge in [-0.15, -0.1) is 0 Å². The average molecular weight is 272 g/mol. The lowest BCUT2D eigenvalue weighted by Crippen LogP contribution is -2.44. The number of carbonyl (C=O) groups is 3. The van der Waals surface area contributed by atoms with Crippen LogP contribution in [0.25, 0.3) is 0 Å². The highest BCUT2D eigenvalue weighted by atomic mass is 16.5. The Kier molecular flexibility index (Phi) is 5.59. The van der Waals surface area contributed by atoms with E-state index >= 15 is 0 Å². The van der Waals surface area contributed by atoms with Gasteiger partial charge in [-0.25, -0.2) is 4.79 Å². The third kappa shape index (κ3) is 4.42. The molecule has 0 spiro atoms. The summed E-state index contributed by atoms with van der Waals surface area (Å²) in [4.78, 5) is 37.0. The van der Waals surface area contributed by atoms with E-state index in [-0.39, 0.29) is 24.9 Å². The number of likely N-dealkylation sites (tertiary alicyclic amines) is 1. The molecule has 1 unspecified atom stereocenters. The molecule has 0 aromatic rings. The maximum Gasteiger partial charge on any atom is 0.325 e. The first-order valence-corrected chi connectivity index (χ1v) is 6.30. The van der Waals surface area contributed by atoms with Gasteiger partial charge in [0.25, 0.3) is 0 Å². The first-order valence-electron chi connectivity index (χ1n) is 6.30. The van der Waals surface area contributed by atoms with E-state index < -0.39 is 11.9 Å². The summed E-state index contributed by atoms with van der Waals surface area (Å²) in [6.07, 6.45) is 0.765. The summed E-state index contributed by atoms with van der Waals surface area (Å²) in [5.41, 5.74) is 0. The van der Waals surface area contributed by atoms with Crippen molar-refractivity contribution in [3.05, 3.63) is 0 Å². The lowest BCUT2D eigenvalue weighted by atomic mass is 10.1. The van der Waals surface area contributed by atoms with Gasteiger partial charge in [-0.05, 0) is 19.3 Å². The van der Waals surface area contributed by atoms with Crippen LogP contribution in [-0.4, -0.2) is 66.2 Å². The molecule has 1 rings (SSSR count). The number of aliphatic carboxylic acids is 1. The van der Waals surface area contributed by atoms with Crippen molar-refractivity contribution in [2.75, 3.05) is 33.3 Å². The third-order valence-electron chi connectivity index (χ3n) is 3.22. The fourth-order valence-corrected chi connectivity index (χ4v) is 2.16. The zero-order valence-electron chi connectivity index (χ0n) is 11.3. The van der Waals surface area contributed by atoms with Gasteiger partial charge in [0.2, 0.25) is 0 Å². The molecule has 1 atom stereocenters. The predicted octanol–water partition coefficient (Wildman–Crippen LogP) is 0.398. The summed E-state index contributed by atoms with van der Waals surface area (Å²) >= 11 is 0. The SMILES string of the molecule is CCN(CC(=O)OC)C(=O)N1CCC(CC(=O)O)C1. The summed E-state index contributed by atoms with van der Waals surface area (Å²) in [7, 11) is 1.28. The second kappa shape index (κ2) is 6.96. The molecule has 0 bridgehead atoms. The Morgan fingerprint density at radius 1 is 1.42 bits per heavy atom. The molecule has 7 nitrogen and oxygen atoms in total. The topological polar surface area (TPSA) is 87.2 Å². The van der Waals surface area contributed by atoms with Crippen molar-refractivity contribution >= 4 is 18.0 Å². The van der Waals surface area contributed by atoms with E-state index in [1.165, 1.54) is 12.0 Å². The lowest BCUT2D eigenvalue weighted by molar-refractivity contribution is -0.141. The van der Waals surface area contributed by atoms with Crippen LogP contribution >= 0.6 is 0 Å². The molecule has 0 radical (unpaired) electrons. The number of amides is 2. The first-order chi connectivity index (χ1) is 8.97. The summed E-state index contributed by atoms with van der Waals surface area (Å²) in [6.45, 7) is 3.09. The van der Waals surface area contributed by atoms with Gasteiger partial charge in [-0.1, -0.05) is 0 Å². The first kappa shape index (κ1) is 15.3. The maximum atomic E-state index is 12.2. The molecule has 2 amide bonds. The van der Waals surface area contributed by atoms with Crippen molar-refractivity contribution in [1.29, 1.82) is 0 Å². The predicted molar refractivity (Wildman–Crippen MR) is 66.6 cm³/mol. The molecule has 0 aromatic carbocycles. The largest absolute Gasteiger partial charge is 0.481 e. The number of hydrogen-bond donors (Lipinski definition) is 1. The van der Waals surface area contributed by atoms with E-state index in [9.17, 15) is 14.4 Å². The molecule has 0 aromatic heterocycles. The van der Waals surface area contributed by atoms with Gasteiger partial charge in [-0.3, -0.25) is 9.59 Å². The van der Waals surface area contributed by atoms with Crippen molar-refractivity contribution in [3.63, 3.8) is 0 Å². The Hall–Kier alpha value is -1.79. The molecule has 1 saturated heterocycles. The van der Waals surface area contributed by atoms with Crippen LogP contribution in [0.4, 0.5) is 4.79 Å². The third-order valence-corrected chi connectivity index (χ3v) is 3.22. The number of ether oxygens (including phenoxy) is 1. The molecule has 1 fully saturated rings. The quantitative estimate of drug-likeness (QED) is 0.732. The number of carboxylic acids is 1. The van der Waals surface area contributed by atoms with Crippen molar-refractivity contribution in [1.82, 2.24) is 9.80 Å². The standard InChI is InChI=1S/C12H20N2O5/c1-3-13(8-11(17)19-2)12(18)14-5-4-9(7-14)6-10(15)16/h9H,3-8H2,1-2H3,(H,15,16). The van der Waals surface area contributed by atoms with Crippen molar-refractivity contribution < 1.29 is 24.2 Å². The Morgan fingerprint density at radius 2 is 2.11 bits per heavy atom. The van der Waals surface area contributed by atoms with Gasteiger partial charge < -0.3 is 19.6 Å². The number of nitrogens with zero attached hydrogens (tertiary/aromatic N) is 2. The minimum atomic E-state index is -0.846. The van der Waals surface area contributed by atoms with E-state index in [0.29, 0.717) is 26.1 Å². The lowest BCUT2D eigenvalue weighted by Gasteiger charge is -2.26. The van der Waals surface area contributed by atoms with Gasteiger partial charge in [0, 0.05) is 26.1 Å². The summed E-state index contributed by atoms with van der Waals surface area (Å²) in [5, 5.41) is 8.73. The normalized spacial score (nSPS) is 18.2. The monoisotopic (exact) mass is 272 g/mol.